The van der Waals surface area contributed by atoms with Gasteiger partial charge in [-0.25, -0.2) is 9.13 Å². The molecule has 30 heavy (non-hydrogen) atoms. The van der Waals surface area contributed by atoms with Gasteiger partial charge in [0.2, 0.25) is 6.33 Å². The second-order valence-corrected chi connectivity index (χ2v) is 7.52. The van der Waals surface area contributed by atoms with Gasteiger partial charge < -0.3 is 9.15 Å². The SMILES string of the molecule is C[n+]1ccn(CCCCCCCCOc2ccc(C(=O)/C=C/c3ccco3)cc2)c1. The van der Waals surface area contributed by atoms with Crippen LogP contribution in [0.15, 0.2) is 71.9 Å². The van der Waals surface area contributed by atoms with Gasteiger partial charge in [-0.05, 0) is 67.8 Å². The molecule has 158 valence electrons. The summed E-state index contributed by atoms with van der Waals surface area (Å²) in [5, 5.41) is 0. The fraction of sp³-hybridized carbons (Fsp3) is 0.360. The van der Waals surface area contributed by atoms with Gasteiger partial charge in [-0.3, -0.25) is 4.79 Å². The van der Waals surface area contributed by atoms with Crippen molar-refractivity contribution < 1.29 is 18.5 Å². The maximum Gasteiger partial charge on any atom is 0.243 e. The highest BCUT2D eigenvalue weighted by Gasteiger charge is 2.03. The first-order chi connectivity index (χ1) is 14.7. The fourth-order valence-corrected chi connectivity index (χ4v) is 3.28. The zero-order valence-electron chi connectivity index (χ0n) is 17.7. The van der Waals surface area contributed by atoms with E-state index in [1.807, 2.05) is 25.2 Å². The Balaban J connectivity index is 1.24. The van der Waals surface area contributed by atoms with Gasteiger partial charge in [-0.2, -0.15) is 0 Å². The summed E-state index contributed by atoms with van der Waals surface area (Å²) in [5.41, 5.74) is 0.638. The molecule has 0 saturated heterocycles. The predicted octanol–water partition coefficient (Wildman–Crippen LogP) is 5.22. The molecule has 1 aromatic carbocycles. The Bertz CT molecular complexity index is 908. The van der Waals surface area contributed by atoms with Gasteiger partial charge in [0, 0.05) is 5.56 Å². The van der Waals surface area contributed by atoms with E-state index in [0.717, 1.165) is 18.7 Å². The summed E-state index contributed by atoms with van der Waals surface area (Å²) >= 11 is 0. The summed E-state index contributed by atoms with van der Waals surface area (Å²) < 4.78 is 15.3. The molecule has 0 unspecified atom stereocenters. The molecule has 0 aliphatic heterocycles. The third kappa shape index (κ3) is 7.39. The third-order valence-electron chi connectivity index (χ3n) is 4.98. The second kappa shape index (κ2) is 11.8. The molecule has 0 aliphatic rings. The molecular formula is C25H31N2O3+. The smallest absolute Gasteiger partial charge is 0.243 e. The highest BCUT2D eigenvalue weighted by molar-refractivity contribution is 6.06. The number of furan rings is 1. The van der Waals surface area contributed by atoms with Crippen molar-refractivity contribution in [1.29, 1.82) is 0 Å². The molecule has 5 nitrogen and oxygen atoms in total. The van der Waals surface area contributed by atoms with Crippen molar-refractivity contribution >= 4 is 11.9 Å². The number of nitrogens with zero attached hydrogens (tertiary/aromatic N) is 2. The summed E-state index contributed by atoms with van der Waals surface area (Å²) in [6.07, 6.45) is 18.4. The third-order valence-corrected chi connectivity index (χ3v) is 4.98. The van der Waals surface area contributed by atoms with Gasteiger partial charge in [-0.15, -0.1) is 0 Å². The Kier molecular flexibility index (Phi) is 8.51. The Labute approximate surface area is 178 Å². The minimum absolute atomic E-state index is 0.0522. The van der Waals surface area contributed by atoms with Gasteiger partial charge in [0.15, 0.2) is 5.78 Å². The topological polar surface area (TPSA) is 48.2 Å². The number of unbranched alkanes of at least 4 members (excludes halogenated alkanes) is 5. The summed E-state index contributed by atoms with van der Waals surface area (Å²) in [5.74, 6) is 1.42. The van der Waals surface area contributed by atoms with Crippen LogP contribution in [0, 0.1) is 0 Å². The van der Waals surface area contributed by atoms with E-state index in [2.05, 4.69) is 27.9 Å². The maximum absolute atomic E-state index is 12.2. The van der Waals surface area contributed by atoms with Crippen LogP contribution in [-0.2, 0) is 13.6 Å². The normalized spacial score (nSPS) is 11.2. The molecule has 0 N–H and O–H groups in total. The van der Waals surface area contributed by atoms with Crippen LogP contribution in [0.5, 0.6) is 5.75 Å². The Hall–Kier alpha value is -3.08. The average molecular weight is 408 g/mol. The number of ether oxygens (including phenoxy) is 1. The van der Waals surface area contributed by atoms with Crippen LogP contribution in [0.2, 0.25) is 0 Å². The quantitative estimate of drug-likeness (QED) is 0.169. The van der Waals surface area contributed by atoms with E-state index in [-0.39, 0.29) is 5.78 Å². The van der Waals surface area contributed by atoms with Gasteiger partial charge >= 0.3 is 0 Å². The number of rotatable bonds is 13. The lowest BCUT2D eigenvalue weighted by molar-refractivity contribution is -0.671. The van der Waals surface area contributed by atoms with Crippen LogP contribution in [0.4, 0.5) is 0 Å². The fourth-order valence-electron chi connectivity index (χ4n) is 3.28. The number of aryl methyl sites for hydroxylation is 2. The lowest BCUT2D eigenvalue weighted by Gasteiger charge is -2.06. The molecule has 0 bridgehead atoms. The monoisotopic (exact) mass is 407 g/mol. The first kappa shape index (κ1) is 21.6. The summed E-state index contributed by atoms with van der Waals surface area (Å²) in [6.45, 7) is 1.81. The van der Waals surface area contributed by atoms with E-state index in [1.54, 1.807) is 30.5 Å². The molecule has 0 spiro atoms. The van der Waals surface area contributed by atoms with Gasteiger partial charge in [0.05, 0.1) is 26.5 Å². The molecule has 2 aromatic heterocycles. The van der Waals surface area contributed by atoms with E-state index in [0.29, 0.717) is 17.9 Å². The average Bonchev–Trinajstić information content (AvgIpc) is 3.43. The predicted molar refractivity (Wildman–Crippen MR) is 117 cm³/mol. The number of benzene rings is 1. The number of hydrogen-bond donors (Lipinski definition) is 0. The van der Waals surface area contributed by atoms with Crippen LogP contribution in [0.3, 0.4) is 0 Å². The zero-order valence-corrected chi connectivity index (χ0v) is 17.7. The molecule has 0 amide bonds. The van der Waals surface area contributed by atoms with Crippen molar-refractivity contribution in [2.24, 2.45) is 7.05 Å². The van der Waals surface area contributed by atoms with Crippen LogP contribution in [-0.4, -0.2) is 17.0 Å². The Morgan fingerprint density at radius 1 is 1.07 bits per heavy atom. The van der Waals surface area contributed by atoms with Gasteiger partial charge in [0.25, 0.3) is 0 Å². The molecule has 0 saturated carbocycles. The van der Waals surface area contributed by atoms with Crippen LogP contribution in [0.1, 0.15) is 54.6 Å². The summed E-state index contributed by atoms with van der Waals surface area (Å²) in [6, 6.07) is 10.9. The molecule has 3 aromatic rings. The number of allylic oxidation sites excluding steroid dienone is 1. The van der Waals surface area contributed by atoms with Crippen molar-refractivity contribution in [1.82, 2.24) is 4.57 Å². The second-order valence-electron chi connectivity index (χ2n) is 7.52. The minimum Gasteiger partial charge on any atom is -0.494 e. The number of aromatic nitrogens is 2. The van der Waals surface area contributed by atoms with Crippen molar-refractivity contribution in [3.05, 3.63) is 78.8 Å². The first-order valence-electron chi connectivity index (χ1n) is 10.7. The minimum atomic E-state index is -0.0522. The van der Waals surface area contributed by atoms with Crippen molar-refractivity contribution in [3.8, 4) is 5.75 Å². The van der Waals surface area contributed by atoms with E-state index in [4.69, 9.17) is 9.15 Å². The molecular weight excluding hydrogens is 376 g/mol. The number of carbonyl (C=O) groups is 1. The molecule has 0 atom stereocenters. The molecule has 2 heterocycles. The summed E-state index contributed by atoms with van der Waals surface area (Å²) in [7, 11) is 2.05. The number of imidazole rings is 1. The number of hydrogen-bond acceptors (Lipinski definition) is 3. The van der Waals surface area contributed by atoms with Crippen molar-refractivity contribution in [2.45, 2.75) is 45.1 Å². The molecule has 0 fully saturated rings. The van der Waals surface area contributed by atoms with Gasteiger partial charge in [0.1, 0.15) is 23.9 Å². The van der Waals surface area contributed by atoms with Crippen molar-refractivity contribution in [3.63, 3.8) is 0 Å². The number of ketones is 1. The summed E-state index contributed by atoms with van der Waals surface area (Å²) in [4.78, 5) is 12.2. The highest BCUT2D eigenvalue weighted by atomic mass is 16.5. The van der Waals surface area contributed by atoms with E-state index in [1.165, 1.54) is 38.2 Å². The Morgan fingerprint density at radius 3 is 2.53 bits per heavy atom. The standard InChI is InChI=1S/C25H31N2O3/c1-26-17-18-27(21-26)16-6-4-2-3-5-7-19-29-24-12-10-22(11-13-24)25(28)15-14-23-9-8-20-30-23/h8-15,17-18,20-21H,2-7,16,19H2,1H3/q+1/b15-14+. The first-order valence-corrected chi connectivity index (χ1v) is 10.7. The zero-order chi connectivity index (χ0) is 21.0. The van der Waals surface area contributed by atoms with Gasteiger partial charge in [-0.1, -0.05) is 19.3 Å². The lowest BCUT2D eigenvalue weighted by Crippen LogP contribution is -2.23. The molecule has 5 heteroatoms. The van der Waals surface area contributed by atoms with E-state index < -0.39 is 0 Å². The Morgan fingerprint density at radius 2 is 1.83 bits per heavy atom. The van der Waals surface area contributed by atoms with E-state index in [9.17, 15) is 4.79 Å². The molecule has 0 aliphatic carbocycles. The van der Waals surface area contributed by atoms with Crippen LogP contribution >= 0.6 is 0 Å². The largest absolute Gasteiger partial charge is 0.494 e. The highest BCUT2D eigenvalue weighted by Crippen LogP contribution is 2.15. The van der Waals surface area contributed by atoms with Crippen molar-refractivity contribution in [2.75, 3.05) is 6.61 Å². The lowest BCUT2D eigenvalue weighted by atomic mass is 10.1. The van der Waals surface area contributed by atoms with Crippen LogP contribution < -0.4 is 9.30 Å². The van der Waals surface area contributed by atoms with Crippen LogP contribution in [0.25, 0.3) is 6.08 Å². The van der Waals surface area contributed by atoms with E-state index >= 15 is 0 Å². The number of carbonyl (C=O) groups excluding carboxylic acids is 1. The molecule has 0 radical (unpaired) electrons. The molecule has 3 rings (SSSR count). The maximum atomic E-state index is 12.2.